The molecule has 2 saturated heterocycles. The van der Waals surface area contributed by atoms with Crippen molar-refractivity contribution < 1.29 is 14.3 Å². The normalized spacial score (nSPS) is 25.0. The Labute approximate surface area is 125 Å². The molecule has 1 aromatic heterocycles. The van der Waals surface area contributed by atoms with Crippen LogP contribution >= 0.6 is 0 Å². The van der Waals surface area contributed by atoms with Gasteiger partial charge in [-0.05, 0) is 45.7 Å². The number of nitrogens with zero attached hydrogens (tertiary/aromatic N) is 2. The maximum atomic E-state index is 12.2. The van der Waals surface area contributed by atoms with Crippen LogP contribution < -0.4 is 4.90 Å². The smallest absolute Gasteiger partial charge is 0.338 e. The Hall–Kier alpha value is -1.62. The van der Waals surface area contributed by atoms with Gasteiger partial charge in [0, 0.05) is 6.20 Å². The van der Waals surface area contributed by atoms with Gasteiger partial charge in [-0.3, -0.25) is 0 Å². The molecule has 0 N–H and O–H groups in total. The van der Waals surface area contributed by atoms with Gasteiger partial charge < -0.3 is 14.4 Å². The van der Waals surface area contributed by atoms with Crippen molar-refractivity contribution in [1.82, 2.24) is 4.98 Å². The van der Waals surface area contributed by atoms with Crippen molar-refractivity contribution in [3.63, 3.8) is 0 Å². The van der Waals surface area contributed by atoms with Crippen LogP contribution in [0.3, 0.4) is 0 Å². The van der Waals surface area contributed by atoms with Crippen molar-refractivity contribution >= 4 is 11.8 Å². The second kappa shape index (κ2) is 5.30. The van der Waals surface area contributed by atoms with E-state index in [2.05, 4.69) is 9.88 Å². The van der Waals surface area contributed by atoms with Gasteiger partial charge >= 0.3 is 5.97 Å². The van der Waals surface area contributed by atoms with Crippen LogP contribution in [0.4, 0.5) is 5.82 Å². The number of esters is 1. The topological polar surface area (TPSA) is 51.7 Å². The third kappa shape index (κ3) is 3.02. The molecule has 1 aromatic rings. The number of carbonyl (C=O) groups excluding carboxylic acids is 1. The fourth-order valence-corrected chi connectivity index (χ4v) is 3.03. The fraction of sp³-hybridized carbons (Fsp3) is 0.625. The van der Waals surface area contributed by atoms with Gasteiger partial charge in [-0.1, -0.05) is 0 Å². The lowest BCUT2D eigenvalue weighted by Gasteiger charge is -2.35. The zero-order chi connectivity index (χ0) is 15.0. The zero-order valence-electron chi connectivity index (χ0n) is 12.8. The molecule has 3 rings (SSSR count). The van der Waals surface area contributed by atoms with Crippen molar-refractivity contribution in [3.05, 3.63) is 23.9 Å². The summed E-state index contributed by atoms with van der Waals surface area (Å²) in [6.07, 6.45) is 3.94. The van der Waals surface area contributed by atoms with E-state index in [-0.39, 0.29) is 5.97 Å². The second-order valence-corrected chi connectivity index (χ2v) is 6.73. The number of hydrogen-bond acceptors (Lipinski definition) is 5. The van der Waals surface area contributed by atoms with E-state index in [1.54, 1.807) is 12.3 Å². The number of aromatic nitrogens is 1. The molecule has 0 amide bonds. The summed E-state index contributed by atoms with van der Waals surface area (Å²) >= 11 is 0. The summed E-state index contributed by atoms with van der Waals surface area (Å²) in [5, 5.41) is 0. The Morgan fingerprint density at radius 1 is 1.33 bits per heavy atom. The van der Waals surface area contributed by atoms with Crippen molar-refractivity contribution in [2.24, 2.45) is 0 Å². The highest BCUT2D eigenvalue weighted by atomic mass is 16.6. The van der Waals surface area contributed by atoms with Crippen LogP contribution in [0, 0.1) is 0 Å². The van der Waals surface area contributed by atoms with Crippen LogP contribution in [0.25, 0.3) is 0 Å². The molecule has 2 atom stereocenters. The number of anilines is 1. The monoisotopic (exact) mass is 290 g/mol. The van der Waals surface area contributed by atoms with Gasteiger partial charge in [0.1, 0.15) is 11.4 Å². The number of pyridine rings is 1. The van der Waals surface area contributed by atoms with E-state index >= 15 is 0 Å². The summed E-state index contributed by atoms with van der Waals surface area (Å²) in [6, 6.07) is 4.31. The lowest BCUT2D eigenvalue weighted by atomic mass is 10.1. The zero-order valence-corrected chi connectivity index (χ0v) is 12.8. The lowest BCUT2D eigenvalue weighted by Crippen LogP contribution is -2.46. The summed E-state index contributed by atoms with van der Waals surface area (Å²) in [4.78, 5) is 18.9. The molecule has 0 radical (unpaired) electrons. The first kappa shape index (κ1) is 14.3. The molecule has 2 fully saturated rings. The number of fused-ring (bicyclic) bond motifs is 2. The quantitative estimate of drug-likeness (QED) is 0.783. The van der Waals surface area contributed by atoms with E-state index in [0.29, 0.717) is 17.6 Å². The molecule has 114 valence electrons. The highest BCUT2D eigenvalue weighted by molar-refractivity contribution is 5.90. The molecule has 21 heavy (non-hydrogen) atoms. The van der Waals surface area contributed by atoms with Crippen LogP contribution in [-0.4, -0.2) is 41.9 Å². The largest absolute Gasteiger partial charge is 0.456 e. The average Bonchev–Trinajstić information content (AvgIpc) is 2.67. The number of hydrogen-bond donors (Lipinski definition) is 0. The van der Waals surface area contributed by atoms with Crippen LogP contribution in [0.2, 0.25) is 0 Å². The van der Waals surface area contributed by atoms with Crippen LogP contribution in [0.15, 0.2) is 18.3 Å². The Bertz CT molecular complexity index is 523. The van der Waals surface area contributed by atoms with Crippen molar-refractivity contribution in [2.45, 2.75) is 51.3 Å². The maximum Gasteiger partial charge on any atom is 0.338 e. The predicted octanol–water partition coefficient (Wildman–Crippen LogP) is 2.40. The van der Waals surface area contributed by atoms with Gasteiger partial charge in [-0.15, -0.1) is 0 Å². The molecule has 2 bridgehead atoms. The lowest BCUT2D eigenvalue weighted by molar-refractivity contribution is 0.00694. The second-order valence-electron chi connectivity index (χ2n) is 6.73. The number of rotatable bonds is 2. The standard InChI is InChI=1S/C16H22N2O3/c1-16(2,3)21-15(19)11-6-7-17-14(8-11)18-12-4-5-13(18)10-20-9-12/h6-8,12-13H,4-5,9-10H2,1-3H3. The minimum Gasteiger partial charge on any atom is -0.456 e. The van der Waals surface area contributed by atoms with Gasteiger partial charge in [0.15, 0.2) is 0 Å². The minimum atomic E-state index is -0.488. The summed E-state index contributed by atoms with van der Waals surface area (Å²) in [7, 11) is 0. The van der Waals surface area contributed by atoms with E-state index < -0.39 is 5.60 Å². The van der Waals surface area contributed by atoms with Crippen LogP contribution in [0.5, 0.6) is 0 Å². The van der Waals surface area contributed by atoms with Gasteiger partial charge in [0.05, 0.1) is 30.9 Å². The first-order chi connectivity index (χ1) is 9.94. The van der Waals surface area contributed by atoms with E-state index in [1.165, 1.54) is 0 Å². The molecule has 0 spiro atoms. The summed E-state index contributed by atoms with van der Waals surface area (Å²) in [6.45, 7) is 7.10. The molecular formula is C16H22N2O3. The third-order valence-corrected chi connectivity index (χ3v) is 3.89. The number of carbonyl (C=O) groups is 1. The summed E-state index contributed by atoms with van der Waals surface area (Å²) in [5.74, 6) is 0.556. The molecule has 5 heteroatoms. The van der Waals surface area contributed by atoms with E-state index in [9.17, 15) is 4.79 Å². The highest BCUT2D eigenvalue weighted by Gasteiger charge is 2.38. The Balaban J connectivity index is 1.82. The van der Waals surface area contributed by atoms with Crippen LogP contribution in [0.1, 0.15) is 44.0 Å². The molecule has 5 nitrogen and oxygen atoms in total. The first-order valence-corrected chi connectivity index (χ1v) is 7.49. The summed E-state index contributed by atoms with van der Waals surface area (Å²) in [5.41, 5.74) is 0.0687. The van der Waals surface area contributed by atoms with Gasteiger partial charge in [-0.2, -0.15) is 0 Å². The molecule has 0 aliphatic carbocycles. The fourth-order valence-electron chi connectivity index (χ4n) is 3.03. The number of morpholine rings is 1. The molecule has 3 heterocycles. The molecular weight excluding hydrogens is 268 g/mol. The average molecular weight is 290 g/mol. The van der Waals surface area contributed by atoms with Crippen molar-refractivity contribution in [1.29, 1.82) is 0 Å². The maximum absolute atomic E-state index is 12.2. The molecule has 2 aliphatic heterocycles. The van der Waals surface area contributed by atoms with E-state index in [4.69, 9.17) is 9.47 Å². The predicted molar refractivity (Wildman–Crippen MR) is 79.5 cm³/mol. The van der Waals surface area contributed by atoms with Crippen molar-refractivity contribution in [2.75, 3.05) is 18.1 Å². The minimum absolute atomic E-state index is 0.299. The SMILES string of the molecule is CC(C)(C)OC(=O)c1ccnc(N2C3CCC2COC3)c1. The van der Waals surface area contributed by atoms with Gasteiger partial charge in [0.25, 0.3) is 0 Å². The first-order valence-electron chi connectivity index (χ1n) is 7.49. The highest BCUT2D eigenvalue weighted by Crippen LogP contribution is 2.33. The van der Waals surface area contributed by atoms with Crippen molar-refractivity contribution in [3.8, 4) is 0 Å². The number of ether oxygens (including phenoxy) is 2. The molecule has 2 unspecified atom stereocenters. The van der Waals surface area contributed by atoms with Crippen LogP contribution in [-0.2, 0) is 9.47 Å². The summed E-state index contributed by atoms with van der Waals surface area (Å²) < 4.78 is 11.0. The molecule has 0 aromatic carbocycles. The van der Waals surface area contributed by atoms with Gasteiger partial charge in [0.2, 0.25) is 0 Å². The third-order valence-electron chi connectivity index (χ3n) is 3.89. The molecule has 0 saturated carbocycles. The Kier molecular flexibility index (Phi) is 3.61. The van der Waals surface area contributed by atoms with Gasteiger partial charge in [-0.25, -0.2) is 9.78 Å². The van der Waals surface area contributed by atoms with E-state index in [1.807, 2.05) is 26.8 Å². The Morgan fingerprint density at radius 2 is 2.00 bits per heavy atom. The molecule has 2 aliphatic rings. The van der Waals surface area contributed by atoms with E-state index in [0.717, 1.165) is 31.9 Å². The Morgan fingerprint density at radius 3 is 2.62 bits per heavy atom.